The quantitative estimate of drug-likeness (QED) is 0.400. The van der Waals surface area contributed by atoms with Crippen molar-refractivity contribution in [1.82, 2.24) is 4.90 Å². The molecule has 3 atom stereocenters. The van der Waals surface area contributed by atoms with Crippen molar-refractivity contribution in [2.45, 2.75) is 31.1 Å². The molecule has 0 radical (unpaired) electrons. The zero-order valence-electron chi connectivity index (χ0n) is 9.98. The Morgan fingerprint density at radius 3 is 2.81 bits per heavy atom. The second kappa shape index (κ2) is 5.89. The topological polar surface area (TPSA) is 79.4 Å². The molecule has 0 aromatic heterocycles. The number of carbonyl (C=O) groups excluding carboxylic acids is 1. The molecule has 0 unspecified atom stereocenters. The molecule has 1 amide bonds. The van der Waals surface area contributed by atoms with E-state index in [4.69, 9.17) is 15.8 Å². The first-order chi connectivity index (χ1) is 7.56. The molecule has 0 heterocycles. The van der Waals surface area contributed by atoms with E-state index in [-0.39, 0.29) is 23.7 Å². The number of carbonyl (C=O) groups is 1. The summed E-state index contributed by atoms with van der Waals surface area (Å²) in [7, 11) is 4.00. The third-order valence-electron chi connectivity index (χ3n) is 3.22. The van der Waals surface area contributed by atoms with Gasteiger partial charge in [0.15, 0.2) is 0 Å². The predicted molar refractivity (Wildman–Crippen MR) is 64.8 cm³/mol. The standard InChI is InChI=1S/C10H20BN3O2/c1-14(2)10(15)7-3-4-9(13)8(5-7)11-16-6-12/h6-9,11-12H,3-5,13H2,1-2H3/t7-,8+,9-/m0/s1. The van der Waals surface area contributed by atoms with Gasteiger partial charge in [0.1, 0.15) is 6.40 Å². The van der Waals surface area contributed by atoms with Crippen LogP contribution in [0.25, 0.3) is 0 Å². The van der Waals surface area contributed by atoms with Gasteiger partial charge in [0.2, 0.25) is 5.91 Å². The molecular weight excluding hydrogens is 205 g/mol. The molecule has 16 heavy (non-hydrogen) atoms. The van der Waals surface area contributed by atoms with Crippen LogP contribution >= 0.6 is 0 Å². The van der Waals surface area contributed by atoms with Gasteiger partial charge in [0.05, 0.1) is 0 Å². The van der Waals surface area contributed by atoms with Crippen LogP contribution in [-0.4, -0.2) is 44.8 Å². The first kappa shape index (κ1) is 13.0. The average molecular weight is 225 g/mol. The number of hydrogen-bond acceptors (Lipinski definition) is 4. The highest BCUT2D eigenvalue weighted by Crippen LogP contribution is 2.32. The molecule has 1 fully saturated rings. The molecule has 0 saturated heterocycles. The van der Waals surface area contributed by atoms with E-state index in [9.17, 15) is 4.79 Å². The molecule has 0 aliphatic heterocycles. The lowest BCUT2D eigenvalue weighted by Gasteiger charge is -2.33. The number of nitrogens with two attached hydrogens (primary N) is 1. The Labute approximate surface area is 97.1 Å². The maximum absolute atomic E-state index is 11.8. The van der Waals surface area contributed by atoms with Crippen molar-refractivity contribution in [1.29, 1.82) is 5.41 Å². The summed E-state index contributed by atoms with van der Waals surface area (Å²) in [5, 5.41) is 6.83. The van der Waals surface area contributed by atoms with Gasteiger partial charge in [-0.05, 0) is 25.1 Å². The fourth-order valence-corrected chi connectivity index (χ4v) is 2.24. The summed E-state index contributed by atoms with van der Waals surface area (Å²) in [6.07, 6.45) is 3.42. The lowest BCUT2D eigenvalue weighted by molar-refractivity contribution is -0.134. The SMILES string of the molecule is CN(C)C(=O)[C@H]1CC[C@H](N)[C@H](BOC=N)C1. The molecule has 90 valence electrons. The van der Waals surface area contributed by atoms with Crippen LogP contribution < -0.4 is 5.73 Å². The van der Waals surface area contributed by atoms with Gasteiger partial charge >= 0.3 is 7.48 Å². The van der Waals surface area contributed by atoms with Crippen LogP contribution in [0.15, 0.2) is 0 Å². The number of rotatable bonds is 4. The van der Waals surface area contributed by atoms with Crippen molar-refractivity contribution in [3.63, 3.8) is 0 Å². The van der Waals surface area contributed by atoms with Crippen LogP contribution in [0.1, 0.15) is 19.3 Å². The van der Waals surface area contributed by atoms with E-state index < -0.39 is 0 Å². The summed E-state index contributed by atoms with van der Waals surface area (Å²) in [6.45, 7) is 0. The highest BCUT2D eigenvalue weighted by molar-refractivity contribution is 6.32. The molecule has 1 aliphatic rings. The summed E-state index contributed by atoms with van der Waals surface area (Å²) in [5.41, 5.74) is 5.98. The van der Waals surface area contributed by atoms with Crippen molar-refractivity contribution in [2.24, 2.45) is 11.7 Å². The van der Waals surface area contributed by atoms with E-state index in [1.807, 2.05) is 0 Å². The Bertz CT molecular complexity index is 260. The van der Waals surface area contributed by atoms with Gasteiger partial charge in [-0.15, -0.1) is 0 Å². The van der Waals surface area contributed by atoms with Gasteiger partial charge in [-0.1, -0.05) is 0 Å². The minimum Gasteiger partial charge on any atom is -0.557 e. The number of nitrogens with one attached hydrogen (secondary N) is 1. The molecule has 0 aromatic carbocycles. The van der Waals surface area contributed by atoms with Crippen LogP contribution in [0.4, 0.5) is 0 Å². The second-order valence-corrected chi connectivity index (χ2v) is 4.62. The van der Waals surface area contributed by atoms with Gasteiger partial charge in [-0.2, -0.15) is 0 Å². The first-order valence-electron chi connectivity index (χ1n) is 5.63. The van der Waals surface area contributed by atoms with Gasteiger partial charge in [-0.25, -0.2) is 0 Å². The smallest absolute Gasteiger partial charge is 0.345 e. The van der Waals surface area contributed by atoms with Crippen LogP contribution in [0.2, 0.25) is 5.82 Å². The predicted octanol–water partition coefficient (Wildman–Crippen LogP) is -0.0343. The highest BCUT2D eigenvalue weighted by atomic mass is 16.4. The minimum atomic E-state index is 0.0640. The number of hydrogen-bond donors (Lipinski definition) is 2. The summed E-state index contributed by atoms with van der Waals surface area (Å²) < 4.78 is 4.97. The molecule has 0 bridgehead atoms. The van der Waals surface area contributed by atoms with Gasteiger partial charge in [-0.3, -0.25) is 10.2 Å². The molecule has 6 heteroatoms. The zero-order valence-corrected chi connectivity index (χ0v) is 9.98. The van der Waals surface area contributed by atoms with E-state index >= 15 is 0 Å². The first-order valence-corrected chi connectivity index (χ1v) is 5.63. The van der Waals surface area contributed by atoms with Crippen molar-refractivity contribution in [2.75, 3.05) is 14.1 Å². The molecule has 5 nitrogen and oxygen atoms in total. The fourth-order valence-electron chi connectivity index (χ4n) is 2.24. The third kappa shape index (κ3) is 3.23. The van der Waals surface area contributed by atoms with Crippen LogP contribution in [-0.2, 0) is 9.45 Å². The highest BCUT2D eigenvalue weighted by Gasteiger charge is 2.33. The van der Waals surface area contributed by atoms with Gasteiger partial charge in [0.25, 0.3) is 0 Å². The lowest BCUT2D eigenvalue weighted by Crippen LogP contribution is -2.40. The summed E-state index contributed by atoms with van der Waals surface area (Å²) >= 11 is 0. The molecule has 1 saturated carbocycles. The van der Waals surface area contributed by atoms with E-state index in [2.05, 4.69) is 0 Å². The fraction of sp³-hybridized carbons (Fsp3) is 0.800. The van der Waals surface area contributed by atoms with Crippen molar-refractivity contribution in [3.8, 4) is 0 Å². The van der Waals surface area contributed by atoms with E-state index in [0.29, 0.717) is 7.48 Å². The van der Waals surface area contributed by atoms with Crippen molar-refractivity contribution >= 4 is 19.8 Å². The van der Waals surface area contributed by atoms with E-state index in [0.717, 1.165) is 25.7 Å². The molecule has 1 aliphatic carbocycles. The average Bonchev–Trinajstić information content (AvgIpc) is 2.27. The Balaban J connectivity index is 2.52. The maximum atomic E-state index is 11.8. The number of nitrogens with zero attached hydrogens (tertiary/aromatic N) is 1. The molecule has 1 rings (SSSR count). The maximum Gasteiger partial charge on any atom is 0.345 e. The van der Waals surface area contributed by atoms with Crippen LogP contribution in [0, 0.1) is 11.3 Å². The van der Waals surface area contributed by atoms with E-state index in [1.54, 1.807) is 19.0 Å². The monoisotopic (exact) mass is 225 g/mol. The summed E-state index contributed by atoms with van der Waals surface area (Å²) in [6, 6.07) is 0.0890. The van der Waals surface area contributed by atoms with Crippen LogP contribution in [0.3, 0.4) is 0 Å². The van der Waals surface area contributed by atoms with E-state index in [1.165, 1.54) is 0 Å². The summed E-state index contributed by atoms with van der Waals surface area (Å²) in [5.74, 6) is 0.421. The molecular formula is C10H20BN3O2. The molecule has 0 spiro atoms. The van der Waals surface area contributed by atoms with Gasteiger partial charge in [0, 0.05) is 26.1 Å². The largest absolute Gasteiger partial charge is 0.557 e. The lowest BCUT2D eigenvalue weighted by atomic mass is 9.64. The minimum absolute atomic E-state index is 0.0640. The van der Waals surface area contributed by atoms with Crippen molar-refractivity contribution in [3.05, 3.63) is 0 Å². The second-order valence-electron chi connectivity index (χ2n) is 4.62. The Morgan fingerprint density at radius 2 is 2.25 bits per heavy atom. The zero-order chi connectivity index (χ0) is 12.1. The van der Waals surface area contributed by atoms with Gasteiger partial charge < -0.3 is 15.3 Å². The Hall–Kier alpha value is -1.04. The normalized spacial score (nSPS) is 29.3. The molecule has 0 aromatic rings. The van der Waals surface area contributed by atoms with Crippen molar-refractivity contribution < 1.29 is 9.45 Å². The third-order valence-corrected chi connectivity index (χ3v) is 3.22. The van der Waals surface area contributed by atoms with Crippen LogP contribution in [0.5, 0.6) is 0 Å². The Kier molecular flexibility index (Phi) is 4.80. The summed E-state index contributed by atoms with van der Waals surface area (Å²) in [4.78, 5) is 13.5. The number of amides is 1. The molecule has 3 N–H and O–H groups in total. The Morgan fingerprint density at radius 1 is 1.56 bits per heavy atom.